The molecule has 1 fully saturated rings. The van der Waals surface area contributed by atoms with E-state index in [9.17, 15) is 4.79 Å². The third-order valence-corrected chi connectivity index (χ3v) is 4.25. The third-order valence-electron chi connectivity index (χ3n) is 4.25. The van der Waals surface area contributed by atoms with Crippen molar-refractivity contribution in [2.45, 2.75) is 26.2 Å². The van der Waals surface area contributed by atoms with Gasteiger partial charge in [-0.2, -0.15) is 0 Å². The summed E-state index contributed by atoms with van der Waals surface area (Å²) in [6, 6.07) is 7.72. The predicted octanol–water partition coefficient (Wildman–Crippen LogP) is 3.23. The summed E-state index contributed by atoms with van der Waals surface area (Å²) in [7, 11) is 1.40. The molecule has 1 aromatic heterocycles. The largest absolute Gasteiger partial charge is 0.465 e. The number of carbonyl (C=O) groups excluding carboxylic acids is 1. The number of hydrogen-bond acceptors (Lipinski definition) is 4. The second-order valence-electron chi connectivity index (χ2n) is 5.82. The first kappa shape index (κ1) is 15.8. The highest BCUT2D eigenvalue weighted by atomic mass is 16.7. The molecule has 5 heteroatoms. The number of esters is 1. The molecule has 2 aromatic rings. The van der Waals surface area contributed by atoms with E-state index >= 15 is 0 Å². The number of rotatable bonds is 3. The van der Waals surface area contributed by atoms with Crippen LogP contribution in [0.1, 0.15) is 29.0 Å². The minimum Gasteiger partial charge on any atom is -0.465 e. The van der Waals surface area contributed by atoms with Crippen molar-refractivity contribution in [2.24, 2.45) is 0 Å². The number of benzene rings is 1. The molecule has 0 bridgehead atoms. The first-order chi connectivity index (χ1) is 11.0. The summed E-state index contributed by atoms with van der Waals surface area (Å²) in [5.41, 5.74) is 3.34. The van der Waals surface area contributed by atoms with Gasteiger partial charge in [-0.3, -0.25) is 0 Å². The number of fused-ring (bicyclic) bond motifs is 1. The summed E-state index contributed by atoms with van der Waals surface area (Å²) >= 11 is 0. The molecule has 5 nitrogen and oxygen atoms in total. The fourth-order valence-corrected chi connectivity index (χ4v) is 3.17. The molecular formula is C18H21NO4. The van der Waals surface area contributed by atoms with Gasteiger partial charge < -0.3 is 18.8 Å². The van der Waals surface area contributed by atoms with Crippen molar-refractivity contribution in [1.29, 1.82) is 0 Å². The highest BCUT2D eigenvalue weighted by Crippen LogP contribution is 2.32. The number of hydrogen-bond donors (Lipinski definition) is 0. The monoisotopic (exact) mass is 315 g/mol. The van der Waals surface area contributed by atoms with Gasteiger partial charge in [0.15, 0.2) is 6.29 Å². The van der Waals surface area contributed by atoms with E-state index in [2.05, 4.69) is 11.1 Å². The fraction of sp³-hybridized carbons (Fsp3) is 0.389. The highest BCUT2D eigenvalue weighted by molar-refractivity contribution is 6.05. The lowest BCUT2D eigenvalue weighted by atomic mass is 10.1. The minimum atomic E-state index is -0.375. The molecule has 122 valence electrons. The quantitative estimate of drug-likeness (QED) is 0.644. The molecule has 3 rings (SSSR count). The molecule has 0 radical (unpaired) electrons. The van der Waals surface area contributed by atoms with Crippen molar-refractivity contribution in [2.75, 3.05) is 20.3 Å². The van der Waals surface area contributed by atoms with Crippen molar-refractivity contribution in [3.63, 3.8) is 0 Å². The summed E-state index contributed by atoms with van der Waals surface area (Å²) in [6.07, 6.45) is -0.375. The van der Waals surface area contributed by atoms with Gasteiger partial charge >= 0.3 is 5.97 Å². The van der Waals surface area contributed by atoms with Crippen molar-refractivity contribution < 1.29 is 19.0 Å². The molecule has 0 spiro atoms. The number of methoxy groups -OCH3 is 1. The van der Waals surface area contributed by atoms with Crippen LogP contribution in [-0.4, -0.2) is 37.1 Å². The first-order valence-electron chi connectivity index (χ1n) is 7.62. The standard InChI is InChI=1S/C18H21NO4/c1-11-9-22-18(23-10-11)13(3)19-12(2)16(17(20)21-4)14-7-5-6-8-15(14)19/h5-8,13,18H,1,9-10H2,2-4H3/t13-/m1/s1. The third kappa shape index (κ3) is 2.66. The molecule has 0 unspecified atom stereocenters. The van der Waals surface area contributed by atoms with E-state index in [1.165, 1.54) is 7.11 Å². The zero-order valence-electron chi connectivity index (χ0n) is 13.7. The molecule has 0 amide bonds. The number of para-hydroxylation sites is 1. The molecule has 1 saturated heterocycles. The lowest BCUT2D eigenvalue weighted by molar-refractivity contribution is -0.177. The van der Waals surface area contributed by atoms with Crippen LogP contribution in [0.3, 0.4) is 0 Å². The van der Waals surface area contributed by atoms with Gasteiger partial charge in [-0.05, 0) is 25.5 Å². The van der Waals surface area contributed by atoms with Crippen molar-refractivity contribution in [3.8, 4) is 0 Å². The summed E-state index contributed by atoms with van der Waals surface area (Å²) in [5.74, 6) is -0.330. The summed E-state index contributed by atoms with van der Waals surface area (Å²) in [4.78, 5) is 12.2. The Bertz CT molecular complexity index is 752. The van der Waals surface area contributed by atoms with Crippen LogP contribution in [0.25, 0.3) is 10.9 Å². The maximum absolute atomic E-state index is 12.2. The van der Waals surface area contributed by atoms with E-state index in [-0.39, 0.29) is 18.3 Å². The zero-order valence-corrected chi connectivity index (χ0v) is 13.7. The van der Waals surface area contributed by atoms with Crippen LogP contribution < -0.4 is 0 Å². The van der Waals surface area contributed by atoms with Crippen LogP contribution in [0.5, 0.6) is 0 Å². The molecule has 0 saturated carbocycles. The molecule has 23 heavy (non-hydrogen) atoms. The smallest absolute Gasteiger partial charge is 0.340 e. The van der Waals surface area contributed by atoms with Crippen LogP contribution in [0.15, 0.2) is 36.4 Å². The van der Waals surface area contributed by atoms with Crippen LogP contribution in [0, 0.1) is 6.92 Å². The maximum Gasteiger partial charge on any atom is 0.340 e. The predicted molar refractivity (Wildman–Crippen MR) is 87.6 cm³/mol. The van der Waals surface area contributed by atoms with Crippen molar-refractivity contribution in [3.05, 3.63) is 47.7 Å². The first-order valence-corrected chi connectivity index (χ1v) is 7.62. The van der Waals surface area contributed by atoms with Gasteiger partial charge in [-0.25, -0.2) is 4.79 Å². The van der Waals surface area contributed by atoms with Crippen molar-refractivity contribution in [1.82, 2.24) is 4.57 Å². The SMILES string of the molecule is C=C1COC([C@@H](C)n2c(C)c(C(=O)OC)c3ccccc32)OC1. The van der Waals surface area contributed by atoms with Gasteiger partial charge in [-0.15, -0.1) is 0 Å². The average molecular weight is 315 g/mol. The Morgan fingerprint density at radius 1 is 1.35 bits per heavy atom. The van der Waals surface area contributed by atoms with Crippen molar-refractivity contribution >= 4 is 16.9 Å². The van der Waals surface area contributed by atoms with Gasteiger partial charge in [-0.1, -0.05) is 24.8 Å². The number of ether oxygens (including phenoxy) is 3. The Morgan fingerprint density at radius 3 is 2.65 bits per heavy atom. The Balaban J connectivity index is 2.08. The normalized spacial score (nSPS) is 17.4. The molecule has 1 atom stereocenters. The molecule has 1 aliphatic heterocycles. The van der Waals surface area contributed by atoms with E-state index in [1.807, 2.05) is 38.1 Å². The number of carbonyl (C=O) groups is 1. The topological polar surface area (TPSA) is 49.7 Å². The van der Waals surface area contributed by atoms with Crippen LogP contribution in [0.4, 0.5) is 0 Å². The van der Waals surface area contributed by atoms with Gasteiger partial charge in [0.25, 0.3) is 0 Å². The Morgan fingerprint density at radius 2 is 2.00 bits per heavy atom. The summed E-state index contributed by atoms with van der Waals surface area (Å²) in [6.45, 7) is 8.81. The Labute approximate surface area is 135 Å². The Kier molecular flexibility index (Phi) is 4.24. The van der Waals surface area contributed by atoms with E-state index in [0.717, 1.165) is 22.2 Å². The lowest BCUT2D eigenvalue weighted by Gasteiger charge is -2.31. The average Bonchev–Trinajstić information content (AvgIpc) is 2.86. The summed E-state index contributed by atoms with van der Waals surface area (Å²) < 4.78 is 18.5. The maximum atomic E-state index is 12.2. The second kappa shape index (κ2) is 6.18. The van der Waals surface area contributed by atoms with E-state index in [0.29, 0.717) is 18.8 Å². The van der Waals surface area contributed by atoms with Gasteiger partial charge in [0.1, 0.15) is 0 Å². The van der Waals surface area contributed by atoms with Crippen LogP contribution in [0.2, 0.25) is 0 Å². The van der Waals surface area contributed by atoms with Gasteiger partial charge in [0.05, 0.1) is 31.9 Å². The second-order valence-corrected chi connectivity index (χ2v) is 5.82. The molecular weight excluding hydrogens is 294 g/mol. The van der Waals surface area contributed by atoms with Crippen LogP contribution in [-0.2, 0) is 14.2 Å². The van der Waals surface area contributed by atoms with Crippen LogP contribution >= 0.6 is 0 Å². The number of aromatic nitrogens is 1. The summed E-state index contributed by atoms with van der Waals surface area (Å²) in [5, 5.41) is 0.879. The highest BCUT2D eigenvalue weighted by Gasteiger charge is 2.29. The van der Waals surface area contributed by atoms with E-state index < -0.39 is 0 Å². The minimum absolute atomic E-state index is 0.0774. The Hall–Kier alpha value is -2.11. The molecule has 0 aliphatic carbocycles. The molecule has 1 aromatic carbocycles. The zero-order chi connectivity index (χ0) is 16.6. The fourth-order valence-electron chi connectivity index (χ4n) is 3.17. The lowest BCUT2D eigenvalue weighted by Crippen LogP contribution is -2.33. The van der Waals surface area contributed by atoms with Gasteiger partial charge in [0, 0.05) is 16.6 Å². The van der Waals surface area contributed by atoms with E-state index in [1.54, 1.807) is 0 Å². The van der Waals surface area contributed by atoms with E-state index in [4.69, 9.17) is 14.2 Å². The van der Waals surface area contributed by atoms with Gasteiger partial charge in [0.2, 0.25) is 0 Å². The molecule has 1 aliphatic rings. The molecule has 2 heterocycles. The molecule has 0 N–H and O–H groups in total. The number of nitrogens with zero attached hydrogens (tertiary/aromatic N) is 1.